The molecule has 0 saturated carbocycles. The maximum atomic E-state index is 12.7. The van der Waals surface area contributed by atoms with Crippen molar-refractivity contribution in [3.63, 3.8) is 0 Å². The zero-order valence-corrected chi connectivity index (χ0v) is 17.8. The molecule has 2 N–H and O–H groups in total. The van der Waals surface area contributed by atoms with Crippen molar-refractivity contribution in [2.75, 3.05) is 5.32 Å². The number of aromatic carboxylic acids is 1. The molecule has 3 rings (SSSR count). The van der Waals surface area contributed by atoms with Gasteiger partial charge in [0.2, 0.25) is 5.91 Å². The molecule has 0 aliphatic carbocycles. The van der Waals surface area contributed by atoms with Crippen molar-refractivity contribution in [2.24, 2.45) is 0 Å². The highest BCUT2D eigenvalue weighted by atomic mass is 35.5. The third-order valence-electron chi connectivity index (χ3n) is 4.75. The normalized spacial score (nSPS) is 11.9. The van der Waals surface area contributed by atoms with Gasteiger partial charge in [0.1, 0.15) is 17.5 Å². The van der Waals surface area contributed by atoms with E-state index in [4.69, 9.17) is 16.3 Å². The number of benzene rings is 1. The maximum Gasteiger partial charge on any atom is 0.354 e. The highest BCUT2D eigenvalue weighted by Gasteiger charge is 2.23. The van der Waals surface area contributed by atoms with E-state index in [0.717, 1.165) is 5.56 Å². The van der Waals surface area contributed by atoms with Crippen molar-refractivity contribution in [1.29, 1.82) is 0 Å². The molecule has 1 aromatic carbocycles. The minimum atomic E-state index is -1.15. The van der Waals surface area contributed by atoms with Crippen molar-refractivity contribution >= 4 is 29.2 Å². The first kappa shape index (κ1) is 21.4. The van der Waals surface area contributed by atoms with Crippen LogP contribution in [-0.2, 0) is 11.5 Å². The van der Waals surface area contributed by atoms with E-state index in [1.807, 2.05) is 19.9 Å². The van der Waals surface area contributed by atoms with Gasteiger partial charge in [-0.05, 0) is 57.5 Å². The molecule has 158 valence electrons. The number of carbonyl (C=O) groups excluding carboxylic acids is 1. The fourth-order valence-electron chi connectivity index (χ4n) is 2.98. The van der Waals surface area contributed by atoms with Gasteiger partial charge in [0.25, 0.3) is 0 Å². The van der Waals surface area contributed by atoms with Gasteiger partial charge < -0.3 is 15.2 Å². The number of nitrogens with zero attached hydrogens (tertiary/aromatic N) is 4. The second-order valence-corrected chi connectivity index (χ2v) is 7.27. The quantitative estimate of drug-likeness (QED) is 0.591. The van der Waals surface area contributed by atoms with Gasteiger partial charge >= 0.3 is 5.97 Å². The number of anilines is 1. The van der Waals surface area contributed by atoms with Crippen LogP contribution < -0.4 is 10.1 Å². The maximum absolute atomic E-state index is 12.7. The Labute approximate surface area is 178 Å². The number of nitrogens with one attached hydrogen (secondary N) is 1. The Kier molecular flexibility index (Phi) is 6.12. The number of rotatable bonds is 7. The highest BCUT2D eigenvalue weighted by molar-refractivity contribution is 6.31. The summed E-state index contributed by atoms with van der Waals surface area (Å²) in [6.07, 6.45) is 1.34. The van der Waals surface area contributed by atoms with Crippen LogP contribution >= 0.6 is 11.6 Å². The average Bonchev–Trinajstić information content (AvgIpc) is 3.29. The summed E-state index contributed by atoms with van der Waals surface area (Å²) in [7, 11) is 0. The summed E-state index contributed by atoms with van der Waals surface area (Å²) in [4.78, 5) is 24.0. The number of ether oxygens (including phenoxy) is 1. The van der Waals surface area contributed by atoms with E-state index < -0.39 is 17.9 Å². The Hall–Kier alpha value is -3.33. The van der Waals surface area contributed by atoms with E-state index in [-0.39, 0.29) is 12.4 Å². The van der Waals surface area contributed by atoms with E-state index in [1.54, 1.807) is 30.7 Å². The minimum Gasteiger partial charge on any atom is -0.477 e. The smallest absolute Gasteiger partial charge is 0.354 e. The van der Waals surface area contributed by atoms with Crippen LogP contribution in [0.3, 0.4) is 0 Å². The van der Waals surface area contributed by atoms with Gasteiger partial charge in [-0.1, -0.05) is 11.6 Å². The molecule has 0 aliphatic heterocycles. The molecular weight excluding hydrogens is 410 g/mol. The zero-order valence-electron chi connectivity index (χ0n) is 17.0. The van der Waals surface area contributed by atoms with Crippen molar-refractivity contribution in [3.8, 4) is 5.75 Å². The molecule has 0 spiro atoms. The van der Waals surface area contributed by atoms with Gasteiger partial charge in [0.05, 0.1) is 17.1 Å². The summed E-state index contributed by atoms with van der Waals surface area (Å²) in [5, 5.41) is 21.1. The summed E-state index contributed by atoms with van der Waals surface area (Å²) in [5.74, 6) is -0.897. The number of hydrogen-bond donors (Lipinski definition) is 2. The van der Waals surface area contributed by atoms with Gasteiger partial charge in [0, 0.05) is 11.2 Å². The lowest BCUT2D eigenvalue weighted by Gasteiger charge is -2.15. The molecule has 3 aromatic rings. The number of aryl methyl sites for hydroxylation is 2. The summed E-state index contributed by atoms with van der Waals surface area (Å²) in [5.41, 5.74) is 2.71. The Morgan fingerprint density at radius 2 is 2.00 bits per heavy atom. The van der Waals surface area contributed by atoms with E-state index >= 15 is 0 Å². The van der Waals surface area contributed by atoms with Gasteiger partial charge in [-0.3, -0.25) is 4.79 Å². The van der Waals surface area contributed by atoms with Gasteiger partial charge in [-0.25, -0.2) is 14.2 Å². The molecule has 1 amide bonds. The topological polar surface area (TPSA) is 111 Å². The Morgan fingerprint density at radius 1 is 1.27 bits per heavy atom. The van der Waals surface area contributed by atoms with Crippen LogP contribution in [0.1, 0.15) is 40.4 Å². The lowest BCUT2D eigenvalue weighted by Crippen LogP contribution is -2.27. The highest BCUT2D eigenvalue weighted by Crippen LogP contribution is 2.24. The predicted octanol–water partition coefficient (Wildman–Crippen LogP) is 3.59. The molecule has 0 aliphatic rings. The number of carboxylic acid groups (broad SMARTS) is 1. The van der Waals surface area contributed by atoms with Gasteiger partial charge in [0.15, 0.2) is 6.73 Å². The van der Waals surface area contributed by atoms with Gasteiger partial charge in [-0.15, -0.1) is 0 Å². The van der Waals surface area contributed by atoms with Crippen LogP contribution in [0.15, 0.2) is 30.5 Å². The number of carbonyl (C=O) groups is 2. The average molecular weight is 432 g/mol. The molecule has 0 bridgehead atoms. The molecule has 2 heterocycles. The summed E-state index contributed by atoms with van der Waals surface area (Å²) in [6, 6.07) is 5.90. The molecule has 9 nitrogen and oxygen atoms in total. The van der Waals surface area contributed by atoms with Crippen LogP contribution in [-0.4, -0.2) is 36.5 Å². The first-order chi connectivity index (χ1) is 14.2. The number of aromatic nitrogens is 4. The number of carboxylic acids is 1. The van der Waals surface area contributed by atoms with Crippen molar-refractivity contribution in [3.05, 3.63) is 58.1 Å². The molecular formula is C20H22ClN5O4. The zero-order chi connectivity index (χ0) is 22.0. The van der Waals surface area contributed by atoms with Crippen molar-refractivity contribution in [2.45, 2.75) is 40.5 Å². The molecule has 0 fully saturated rings. The first-order valence-corrected chi connectivity index (χ1v) is 9.57. The number of hydrogen-bond acceptors (Lipinski definition) is 5. The van der Waals surface area contributed by atoms with E-state index in [1.165, 1.54) is 16.9 Å². The fraction of sp³-hybridized carbons (Fsp3) is 0.300. The van der Waals surface area contributed by atoms with E-state index in [0.29, 0.717) is 27.8 Å². The van der Waals surface area contributed by atoms with Crippen molar-refractivity contribution < 1.29 is 19.4 Å². The monoisotopic (exact) mass is 431 g/mol. The summed E-state index contributed by atoms with van der Waals surface area (Å²) < 4.78 is 8.58. The Balaban J connectivity index is 1.73. The molecule has 10 heteroatoms. The SMILES string of the molecule is Cc1cc(OCn2nc(C)c(NC(=O)C(C)n3nccc3C(=O)O)c2C)ccc1Cl. The molecule has 0 saturated heterocycles. The van der Waals surface area contributed by atoms with Crippen LogP contribution in [0.2, 0.25) is 5.02 Å². The van der Waals surface area contributed by atoms with Crippen molar-refractivity contribution in [1.82, 2.24) is 19.6 Å². The second-order valence-electron chi connectivity index (χ2n) is 6.86. The largest absolute Gasteiger partial charge is 0.477 e. The van der Waals surface area contributed by atoms with Crippen LogP contribution in [0.25, 0.3) is 0 Å². The lowest BCUT2D eigenvalue weighted by molar-refractivity contribution is -0.119. The molecule has 1 atom stereocenters. The minimum absolute atomic E-state index is 0.0616. The summed E-state index contributed by atoms with van der Waals surface area (Å²) in [6.45, 7) is 7.21. The Morgan fingerprint density at radius 3 is 2.67 bits per heavy atom. The molecule has 0 radical (unpaired) electrons. The third kappa shape index (κ3) is 4.30. The third-order valence-corrected chi connectivity index (χ3v) is 5.17. The fourth-order valence-corrected chi connectivity index (χ4v) is 3.09. The summed E-state index contributed by atoms with van der Waals surface area (Å²) >= 11 is 6.03. The van der Waals surface area contributed by atoms with Crippen LogP contribution in [0.4, 0.5) is 5.69 Å². The van der Waals surface area contributed by atoms with Crippen LogP contribution in [0.5, 0.6) is 5.75 Å². The van der Waals surface area contributed by atoms with Gasteiger partial charge in [-0.2, -0.15) is 10.2 Å². The van der Waals surface area contributed by atoms with E-state index in [9.17, 15) is 14.7 Å². The predicted molar refractivity (Wildman–Crippen MR) is 111 cm³/mol. The second kappa shape index (κ2) is 8.58. The number of halogens is 1. The first-order valence-electron chi connectivity index (χ1n) is 9.19. The number of amides is 1. The van der Waals surface area contributed by atoms with E-state index in [2.05, 4.69) is 15.5 Å². The Bertz CT molecular complexity index is 1100. The molecule has 30 heavy (non-hydrogen) atoms. The molecule has 2 aromatic heterocycles. The van der Waals surface area contributed by atoms with Crippen LogP contribution in [0, 0.1) is 20.8 Å². The lowest BCUT2D eigenvalue weighted by atomic mass is 10.2. The standard InChI is InChI=1S/C20H22ClN5O4/c1-11-9-15(5-6-16(11)21)30-10-25-13(3)18(12(2)24-25)23-19(27)14(4)26-17(20(28)29)7-8-22-26/h5-9,14H,10H2,1-4H3,(H,23,27)(H,28,29). The molecule has 1 unspecified atom stereocenters.